The minimum atomic E-state index is -0.378. The van der Waals surface area contributed by atoms with Crippen LogP contribution in [0.2, 0.25) is 0 Å². The van der Waals surface area contributed by atoms with E-state index in [0.29, 0.717) is 13.0 Å². The maximum atomic E-state index is 11.7. The minimum Gasteiger partial charge on any atom is -0.466 e. The summed E-state index contributed by atoms with van der Waals surface area (Å²) in [6.07, 6.45) is 2.57. The number of nitrogens with one attached hydrogen (secondary N) is 1. The largest absolute Gasteiger partial charge is 0.466 e. The van der Waals surface area contributed by atoms with E-state index in [1.54, 1.807) is 0 Å². The molecule has 3 heteroatoms. The van der Waals surface area contributed by atoms with Crippen molar-refractivity contribution in [1.29, 1.82) is 0 Å². The molecule has 19 heavy (non-hydrogen) atoms. The molecule has 0 aliphatic rings. The van der Waals surface area contributed by atoms with Gasteiger partial charge in [0.15, 0.2) is 0 Å². The van der Waals surface area contributed by atoms with Crippen molar-refractivity contribution in [3.8, 4) is 0 Å². The zero-order valence-electron chi connectivity index (χ0n) is 12.5. The number of ether oxygens (including phenoxy) is 1. The first-order valence-corrected chi connectivity index (χ1v) is 6.99. The summed E-state index contributed by atoms with van der Waals surface area (Å²) in [5.41, 5.74) is 2.07. The van der Waals surface area contributed by atoms with Gasteiger partial charge in [-0.25, -0.2) is 0 Å². The Kier molecular flexibility index (Phi) is 6.03. The van der Waals surface area contributed by atoms with Crippen molar-refractivity contribution < 1.29 is 9.53 Å². The van der Waals surface area contributed by atoms with Crippen LogP contribution in [0.3, 0.4) is 0 Å². The van der Waals surface area contributed by atoms with Gasteiger partial charge in [0.2, 0.25) is 0 Å². The lowest BCUT2D eigenvalue weighted by atomic mass is 9.88. The third-order valence-electron chi connectivity index (χ3n) is 3.48. The van der Waals surface area contributed by atoms with E-state index in [1.807, 2.05) is 20.9 Å². The van der Waals surface area contributed by atoms with Crippen LogP contribution in [0.25, 0.3) is 0 Å². The zero-order valence-corrected chi connectivity index (χ0v) is 12.5. The summed E-state index contributed by atoms with van der Waals surface area (Å²) in [7, 11) is 1.87. The minimum absolute atomic E-state index is 0.169. The third kappa shape index (κ3) is 4.35. The van der Waals surface area contributed by atoms with E-state index in [9.17, 15) is 4.79 Å². The molecule has 0 heterocycles. The van der Waals surface area contributed by atoms with Gasteiger partial charge in [-0.05, 0) is 38.4 Å². The second-order valence-corrected chi connectivity index (χ2v) is 5.01. The molecular weight excluding hydrogens is 238 g/mol. The molecule has 1 atom stereocenters. The molecule has 0 aromatic heterocycles. The fourth-order valence-corrected chi connectivity index (χ4v) is 2.16. The van der Waals surface area contributed by atoms with Crippen molar-refractivity contribution in [2.75, 3.05) is 13.7 Å². The number of aryl methyl sites for hydroxylation is 1. The van der Waals surface area contributed by atoms with Gasteiger partial charge in [0.05, 0.1) is 18.6 Å². The highest BCUT2D eigenvalue weighted by atomic mass is 16.5. The Morgan fingerprint density at radius 1 is 1.26 bits per heavy atom. The van der Waals surface area contributed by atoms with Crippen LogP contribution in [0.5, 0.6) is 0 Å². The molecule has 0 amide bonds. The number of benzene rings is 1. The Morgan fingerprint density at radius 3 is 2.37 bits per heavy atom. The van der Waals surface area contributed by atoms with Crippen LogP contribution < -0.4 is 5.32 Å². The third-order valence-corrected chi connectivity index (χ3v) is 3.48. The molecule has 0 radical (unpaired) electrons. The summed E-state index contributed by atoms with van der Waals surface area (Å²) >= 11 is 0. The summed E-state index contributed by atoms with van der Waals surface area (Å²) < 4.78 is 5.04. The fourth-order valence-electron chi connectivity index (χ4n) is 2.16. The lowest BCUT2D eigenvalue weighted by Crippen LogP contribution is -2.39. The second-order valence-electron chi connectivity index (χ2n) is 5.01. The Morgan fingerprint density at radius 2 is 1.89 bits per heavy atom. The number of carbonyl (C=O) groups excluding carboxylic acids is 1. The van der Waals surface area contributed by atoms with E-state index in [2.05, 4.69) is 36.5 Å². The lowest BCUT2D eigenvalue weighted by molar-refractivity contribution is -0.144. The molecule has 0 aliphatic carbocycles. The van der Waals surface area contributed by atoms with Crippen molar-refractivity contribution in [1.82, 2.24) is 5.32 Å². The maximum Gasteiger partial charge on any atom is 0.307 e. The van der Waals surface area contributed by atoms with Gasteiger partial charge in [0.1, 0.15) is 0 Å². The predicted octanol–water partition coefficient (Wildman–Crippen LogP) is 3.03. The average Bonchev–Trinajstić information content (AvgIpc) is 2.40. The van der Waals surface area contributed by atoms with Crippen molar-refractivity contribution in [2.45, 2.75) is 45.6 Å². The maximum absolute atomic E-state index is 11.7. The molecule has 106 valence electrons. The van der Waals surface area contributed by atoms with Crippen molar-refractivity contribution in [3.05, 3.63) is 35.4 Å². The molecule has 1 N–H and O–H groups in total. The Bertz CT molecular complexity index is 400. The molecule has 0 bridgehead atoms. The molecule has 1 unspecified atom stereocenters. The van der Waals surface area contributed by atoms with Gasteiger partial charge in [-0.3, -0.25) is 4.79 Å². The van der Waals surface area contributed by atoms with E-state index in [1.165, 1.54) is 5.56 Å². The lowest BCUT2D eigenvalue weighted by Gasteiger charge is -2.29. The smallest absolute Gasteiger partial charge is 0.307 e. The van der Waals surface area contributed by atoms with Crippen LogP contribution in [0.15, 0.2) is 24.3 Å². The quantitative estimate of drug-likeness (QED) is 0.768. The number of hydrogen-bond donors (Lipinski definition) is 1. The summed E-state index contributed by atoms with van der Waals surface area (Å²) in [6, 6.07) is 8.47. The van der Waals surface area contributed by atoms with Crippen LogP contribution in [0, 0.1) is 0 Å². The van der Waals surface area contributed by atoms with Gasteiger partial charge in [-0.1, -0.05) is 37.6 Å². The standard InChI is InChI=1S/C16H25NO2/c1-5-7-13-8-10-14(11-9-13)16(3,17-4)12-15(18)19-6-2/h8-11,17H,5-7,12H2,1-4H3. The van der Waals surface area contributed by atoms with Crippen LogP contribution in [0.4, 0.5) is 0 Å². The van der Waals surface area contributed by atoms with Crippen LogP contribution in [0.1, 0.15) is 44.7 Å². The van der Waals surface area contributed by atoms with Gasteiger partial charge >= 0.3 is 5.97 Å². The number of hydrogen-bond acceptors (Lipinski definition) is 3. The molecule has 0 aliphatic heterocycles. The predicted molar refractivity (Wildman–Crippen MR) is 78.1 cm³/mol. The molecule has 0 fully saturated rings. The highest BCUT2D eigenvalue weighted by Gasteiger charge is 2.28. The highest BCUT2D eigenvalue weighted by molar-refractivity contribution is 5.71. The van der Waals surface area contributed by atoms with Crippen molar-refractivity contribution in [3.63, 3.8) is 0 Å². The van der Waals surface area contributed by atoms with E-state index in [4.69, 9.17) is 4.74 Å². The summed E-state index contributed by atoms with van der Waals surface area (Å²) in [5.74, 6) is -0.169. The number of esters is 1. The van der Waals surface area contributed by atoms with E-state index < -0.39 is 0 Å². The zero-order chi connectivity index (χ0) is 14.3. The first kappa shape index (κ1) is 15.7. The number of rotatable bonds is 7. The normalized spacial score (nSPS) is 13.9. The summed E-state index contributed by atoms with van der Waals surface area (Å²) in [6.45, 7) is 6.45. The number of carbonyl (C=O) groups is 1. The van der Waals surface area contributed by atoms with Crippen molar-refractivity contribution >= 4 is 5.97 Å². The van der Waals surface area contributed by atoms with Crippen LogP contribution >= 0.6 is 0 Å². The topological polar surface area (TPSA) is 38.3 Å². The highest BCUT2D eigenvalue weighted by Crippen LogP contribution is 2.25. The van der Waals surface area contributed by atoms with E-state index >= 15 is 0 Å². The molecule has 1 rings (SSSR count). The van der Waals surface area contributed by atoms with Crippen LogP contribution in [-0.2, 0) is 21.5 Å². The van der Waals surface area contributed by atoms with Gasteiger partial charge in [-0.15, -0.1) is 0 Å². The molecular formula is C16H25NO2. The monoisotopic (exact) mass is 263 g/mol. The molecule has 0 saturated carbocycles. The van der Waals surface area contributed by atoms with Gasteiger partial charge < -0.3 is 10.1 Å². The summed E-state index contributed by atoms with van der Waals surface area (Å²) in [4.78, 5) is 11.7. The van der Waals surface area contributed by atoms with Crippen molar-refractivity contribution in [2.24, 2.45) is 0 Å². The van der Waals surface area contributed by atoms with Gasteiger partial charge in [0.25, 0.3) is 0 Å². The average molecular weight is 263 g/mol. The van der Waals surface area contributed by atoms with Gasteiger partial charge in [0, 0.05) is 0 Å². The molecule has 3 nitrogen and oxygen atoms in total. The molecule has 0 saturated heterocycles. The molecule has 0 spiro atoms. The fraction of sp³-hybridized carbons (Fsp3) is 0.562. The second kappa shape index (κ2) is 7.29. The van der Waals surface area contributed by atoms with Crippen LogP contribution in [-0.4, -0.2) is 19.6 Å². The Balaban J connectivity index is 2.85. The first-order valence-electron chi connectivity index (χ1n) is 6.99. The van der Waals surface area contributed by atoms with E-state index in [-0.39, 0.29) is 11.5 Å². The Hall–Kier alpha value is -1.35. The van der Waals surface area contributed by atoms with E-state index in [0.717, 1.165) is 18.4 Å². The Labute approximate surface area is 116 Å². The molecule has 1 aromatic carbocycles. The van der Waals surface area contributed by atoms with Gasteiger partial charge in [-0.2, -0.15) is 0 Å². The SMILES string of the molecule is CCCc1ccc(C(C)(CC(=O)OCC)NC)cc1. The first-order chi connectivity index (χ1) is 9.05. The molecule has 1 aromatic rings. The summed E-state index contributed by atoms with van der Waals surface area (Å²) in [5, 5.41) is 3.23.